The molecule has 25 heavy (non-hydrogen) atoms. The molecule has 1 aliphatic heterocycles. The average Bonchev–Trinajstić information content (AvgIpc) is 2.51. The number of hydrogen-bond donors (Lipinski definition) is 2. The van der Waals surface area contributed by atoms with E-state index < -0.39 is 0 Å². The number of piperidine rings is 1. The molecular formula is C19H39IN4O. The standard InChI is InChI=1S/C19H38N4O.HI/c1-15-8-7-13-23(14-15)17(24)10-12-21-18(20-6)22-16(2)9-11-19(3,4)5;/h15-16H,7-14H2,1-6H3,(H2,20,21,22);1H. The normalized spacial score (nSPS) is 19.8. The Morgan fingerprint density at radius 1 is 1.36 bits per heavy atom. The molecule has 2 atom stereocenters. The molecule has 2 N–H and O–H groups in total. The van der Waals surface area contributed by atoms with Crippen LogP contribution < -0.4 is 10.6 Å². The van der Waals surface area contributed by atoms with Crippen molar-refractivity contribution in [3.05, 3.63) is 0 Å². The molecule has 0 radical (unpaired) electrons. The van der Waals surface area contributed by atoms with Crippen molar-refractivity contribution in [2.75, 3.05) is 26.7 Å². The molecule has 2 unspecified atom stereocenters. The molecule has 1 fully saturated rings. The van der Waals surface area contributed by atoms with Crippen LogP contribution in [0.3, 0.4) is 0 Å². The number of likely N-dealkylation sites (tertiary alicyclic amines) is 1. The van der Waals surface area contributed by atoms with E-state index in [0.29, 0.717) is 30.3 Å². The highest BCUT2D eigenvalue weighted by Crippen LogP contribution is 2.21. The number of hydrogen-bond acceptors (Lipinski definition) is 2. The Kier molecular flexibility index (Phi) is 11.7. The molecule has 1 aliphatic rings. The first-order chi connectivity index (χ1) is 11.2. The minimum Gasteiger partial charge on any atom is -0.356 e. The predicted molar refractivity (Wildman–Crippen MR) is 118 cm³/mol. The fourth-order valence-corrected chi connectivity index (χ4v) is 3.01. The number of carbonyl (C=O) groups is 1. The summed E-state index contributed by atoms with van der Waals surface area (Å²) in [4.78, 5) is 18.5. The Balaban J connectivity index is 0.00000576. The van der Waals surface area contributed by atoms with E-state index in [0.717, 1.165) is 31.9 Å². The van der Waals surface area contributed by atoms with Crippen LogP contribution in [0.2, 0.25) is 0 Å². The molecular weight excluding hydrogens is 427 g/mol. The quantitative estimate of drug-likeness (QED) is 0.357. The molecule has 1 saturated heterocycles. The molecule has 0 bridgehead atoms. The first kappa shape index (κ1) is 24.5. The predicted octanol–water partition coefficient (Wildman–Crippen LogP) is 3.63. The van der Waals surface area contributed by atoms with E-state index in [9.17, 15) is 4.79 Å². The van der Waals surface area contributed by atoms with Crippen LogP contribution in [0.4, 0.5) is 0 Å². The minimum atomic E-state index is 0. The van der Waals surface area contributed by atoms with Gasteiger partial charge in [0.15, 0.2) is 5.96 Å². The SMILES string of the molecule is CN=C(NCCC(=O)N1CCCC(C)C1)NC(C)CCC(C)(C)C.I. The molecule has 6 heteroatoms. The van der Waals surface area contributed by atoms with Gasteiger partial charge < -0.3 is 15.5 Å². The minimum absolute atomic E-state index is 0. The summed E-state index contributed by atoms with van der Waals surface area (Å²) in [6, 6.07) is 0.370. The van der Waals surface area contributed by atoms with Crippen LogP contribution in [-0.4, -0.2) is 49.5 Å². The Labute approximate surface area is 171 Å². The number of rotatable bonds is 6. The molecule has 0 aliphatic carbocycles. The van der Waals surface area contributed by atoms with Gasteiger partial charge in [0.25, 0.3) is 0 Å². The van der Waals surface area contributed by atoms with Gasteiger partial charge in [-0.25, -0.2) is 0 Å². The van der Waals surface area contributed by atoms with E-state index >= 15 is 0 Å². The lowest BCUT2D eigenvalue weighted by atomic mass is 9.89. The summed E-state index contributed by atoms with van der Waals surface area (Å²) in [7, 11) is 1.78. The second kappa shape index (κ2) is 12.0. The molecule has 0 aromatic rings. The summed E-state index contributed by atoms with van der Waals surface area (Å²) >= 11 is 0. The van der Waals surface area contributed by atoms with Crippen molar-refractivity contribution in [1.29, 1.82) is 0 Å². The fraction of sp³-hybridized carbons (Fsp3) is 0.895. The summed E-state index contributed by atoms with van der Waals surface area (Å²) in [5.74, 6) is 1.68. The molecule has 1 amide bonds. The highest BCUT2D eigenvalue weighted by atomic mass is 127. The zero-order valence-electron chi connectivity index (χ0n) is 17.0. The highest BCUT2D eigenvalue weighted by molar-refractivity contribution is 14.0. The topological polar surface area (TPSA) is 56.7 Å². The van der Waals surface area contributed by atoms with Gasteiger partial charge in [-0.3, -0.25) is 9.79 Å². The highest BCUT2D eigenvalue weighted by Gasteiger charge is 2.20. The number of halogens is 1. The van der Waals surface area contributed by atoms with Gasteiger partial charge in [0.2, 0.25) is 5.91 Å². The summed E-state index contributed by atoms with van der Waals surface area (Å²) in [6.07, 6.45) is 5.18. The van der Waals surface area contributed by atoms with Crippen LogP contribution in [0.25, 0.3) is 0 Å². The monoisotopic (exact) mass is 466 g/mol. The van der Waals surface area contributed by atoms with Gasteiger partial charge in [-0.2, -0.15) is 0 Å². The maximum Gasteiger partial charge on any atom is 0.224 e. The Morgan fingerprint density at radius 3 is 2.60 bits per heavy atom. The number of nitrogens with zero attached hydrogens (tertiary/aromatic N) is 2. The second-order valence-electron chi connectivity index (χ2n) is 8.48. The maximum atomic E-state index is 12.3. The van der Waals surface area contributed by atoms with Crippen LogP contribution >= 0.6 is 24.0 Å². The largest absolute Gasteiger partial charge is 0.356 e. The Morgan fingerprint density at radius 2 is 2.04 bits per heavy atom. The smallest absolute Gasteiger partial charge is 0.224 e. The van der Waals surface area contributed by atoms with E-state index in [1.165, 1.54) is 12.8 Å². The zero-order chi connectivity index (χ0) is 18.2. The maximum absolute atomic E-state index is 12.3. The summed E-state index contributed by atoms with van der Waals surface area (Å²) < 4.78 is 0. The number of carbonyl (C=O) groups excluding carboxylic acids is 1. The molecule has 0 saturated carbocycles. The van der Waals surface area contributed by atoms with Crippen LogP contribution in [0.1, 0.15) is 66.7 Å². The molecule has 1 rings (SSSR count). The third-order valence-electron chi connectivity index (χ3n) is 4.58. The van der Waals surface area contributed by atoms with Gasteiger partial charge in [0, 0.05) is 39.1 Å². The van der Waals surface area contributed by atoms with Crippen LogP contribution in [-0.2, 0) is 4.79 Å². The van der Waals surface area contributed by atoms with Gasteiger partial charge in [0.05, 0.1) is 0 Å². The van der Waals surface area contributed by atoms with Gasteiger partial charge >= 0.3 is 0 Å². The first-order valence-electron chi connectivity index (χ1n) is 9.46. The van der Waals surface area contributed by atoms with E-state index in [4.69, 9.17) is 0 Å². The van der Waals surface area contributed by atoms with Crippen molar-refractivity contribution in [3.63, 3.8) is 0 Å². The zero-order valence-corrected chi connectivity index (χ0v) is 19.4. The van der Waals surface area contributed by atoms with Crippen molar-refractivity contribution in [3.8, 4) is 0 Å². The molecule has 1 heterocycles. The summed E-state index contributed by atoms with van der Waals surface area (Å²) in [6.45, 7) is 13.7. The van der Waals surface area contributed by atoms with Crippen LogP contribution in [0, 0.1) is 11.3 Å². The second-order valence-corrected chi connectivity index (χ2v) is 8.48. The van der Waals surface area contributed by atoms with Crippen molar-refractivity contribution >= 4 is 35.8 Å². The van der Waals surface area contributed by atoms with Gasteiger partial charge in [-0.15, -0.1) is 24.0 Å². The van der Waals surface area contributed by atoms with Crippen LogP contribution in [0.15, 0.2) is 4.99 Å². The fourth-order valence-electron chi connectivity index (χ4n) is 3.01. The number of amides is 1. The number of aliphatic imine (C=N–C) groups is 1. The Bertz CT molecular complexity index is 420. The van der Waals surface area contributed by atoms with Crippen molar-refractivity contribution in [1.82, 2.24) is 15.5 Å². The van der Waals surface area contributed by atoms with E-state index in [-0.39, 0.29) is 29.9 Å². The van der Waals surface area contributed by atoms with Gasteiger partial charge in [0.1, 0.15) is 0 Å². The van der Waals surface area contributed by atoms with Crippen molar-refractivity contribution in [2.45, 2.75) is 72.8 Å². The summed E-state index contributed by atoms with van der Waals surface area (Å²) in [5, 5.41) is 6.68. The van der Waals surface area contributed by atoms with Crippen LogP contribution in [0.5, 0.6) is 0 Å². The summed E-state index contributed by atoms with van der Waals surface area (Å²) in [5.41, 5.74) is 0.352. The lowest BCUT2D eigenvalue weighted by Crippen LogP contribution is -2.44. The molecule has 148 valence electrons. The molecule has 0 spiro atoms. The third-order valence-corrected chi connectivity index (χ3v) is 4.58. The molecule has 5 nitrogen and oxygen atoms in total. The van der Waals surface area contributed by atoms with E-state index in [2.05, 4.69) is 50.2 Å². The third kappa shape index (κ3) is 10.9. The van der Waals surface area contributed by atoms with Gasteiger partial charge in [-0.05, 0) is 43.9 Å². The van der Waals surface area contributed by atoms with Crippen molar-refractivity contribution < 1.29 is 4.79 Å². The lowest BCUT2D eigenvalue weighted by Gasteiger charge is -2.31. The average molecular weight is 466 g/mol. The molecule has 0 aromatic heterocycles. The number of guanidine groups is 1. The van der Waals surface area contributed by atoms with Gasteiger partial charge in [-0.1, -0.05) is 27.7 Å². The van der Waals surface area contributed by atoms with E-state index in [1.54, 1.807) is 7.05 Å². The lowest BCUT2D eigenvalue weighted by molar-refractivity contribution is -0.132. The number of nitrogens with one attached hydrogen (secondary N) is 2. The molecule has 0 aromatic carbocycles. The van der Waals surface area contributed by atoms with E-state index in [1.807, 2.05) is 4.90 Å². The first-order valence-corrected chi connectivity index (χ1v) is 9.46. The Hall–Kier alpha value is -0.530. The van der Waals surface area contributed by atoms with Crippen molar-refractivity contribution in [2.24, 2.45) is 16.3 Å².